The maximum absolute atomic E-state index is 10.7. The molecule has 0 bridgehead atoms. The fourth-order valence-corrected chi connectivity index (χ4v) is 21.3. The van der Waals surface area contributed by atoms with E-state index >= 15 is 0 Å². The summed E-state index contributed by atoms with van der Waals surface area (Å²) in [5, 5.41) is 11.8. The van der Waals surface area contributed by atoms with Crippen molar-refractivity contribution in [2.24, 2.45) is 0 Å². The minimum Gasteiger partial charge on any atom is -0.790 e. The zero-order chi connectivity index (χ0) is 84.1. The molecule has 0 aliphatic carbocycles. The molecule has 0 saturated carbocycles. The molecule has 0 N–H and O–H groups in total. The van der Waals surface area contributed by atoms with Crippen LogP contribution in [0, 0.1) is 69.2 Å². The van der Waals surface area contributed by atoms with Crippen molar-refractivity contribution in [3.8, 4) is 0 Å². The molecule has 10 rings (SSSR count). The Hall–Kier alpha value is -2.44. The molecule has 1 radical (unpaired) electrons. The molecule has 2 nitrogen and oxygen atoms in total. The largest absolute Gasteiger partial charge is 3.00 e. The van der Waals surface area contributed by atoms with Gasteiger partial charge in [-0.2, -0.15) is 78.6 Å². The molecule has 0 heterocycles. The van der Waals surface area contributed by atoms with E-state index < -0.39 is 23.4 Å². The third-order valence-electron chi connectivity index (χ3n) is 16.2. The summed E-state index contributed by atoms with van der Waals surface area (Å²) < 4.78 is 187. The number of halogens is 18. The van der Waals surface area contributed by atoms with E-state index in [-0.39, 0.29) is 98.8 Å². The fourth-order valence-electron chi connectivity index (χ4n) is 10.1. The van der Waals surface area contributed by atoms with Gasteiger partial charge in [0.15, 0.2) is 0 Å². The topological polar surface area (TPSA) is 18.5 Å². The average molecular weight is 2000 g/mol. The van der Waals surface area contributed by atoms with Crippen molar-refractivity contribution in [3.63, 3.8) is 0 Å². The SMILES string of the molecule is Cc1c(C)c(C)[c-](C)c1C.Cc1c(C)c(C)[c-](C)c1C.F[P-](F)(F)(F)(F)F.F[P-](F)(F)(F)(F)F.F[P-](F)(F)(F)(F)F.[Fe+2].[Fe+3].[Ni+2].[Ni+2].[S-]CCOCC[S-].[S-]CCOCC[S-].c1ccc(P(CCP(c2ccccc2)c2ccccc2)c2ccccc2)cc1.c1ccc(P(CCP(c2ccccc2)c2ccccc2)c2ccccc2)cc1. The summed E-state index contributed by atoms with van der Waals surface area (Å²) in [4.78, 5) is 0. The van der Waals surface area contributed by atoms with E-state index in [9.17, 15) is 75.5 Å². The van der Waals surface area contributed by atoms with E-state index in [0.717, 1.165) is 0 Å². The van der Waals surface area contributed by atoms with Gasteiger partial charge < -0.3 is 60.0 Å². The van der Waals surface area contributed by atoms with Crippen LogP contribution in [-0.4, -0.2) is 74.1 Å². The van der Waals surface area contributed by atoms with E-state index in [1.165, 1.54) is 123 Å². The smallest absolute Gasteiger partial charge is 0.790 e. The summed E-state index contributed by atoms with van der Waals surface area (Å²) in [5.74, 6) is 2.70. The van der Waals surface area contributed by atoms with Gasteiger partial charge in [0.2, 0.25) is 0 Å². The average Bonchev–Trinajstić information content (AvgIpc) is 1.57. The first-order chi connectivity index (χ1) is 51.1. The predicted molar refractivity (Wildman–Crippen MR) is 458 cm³/mol. The van der Waals surface area contributed by atoms with Gasteiger partial charge in [-0.1, -0.05) is 312 Å². The first kappa shape index (κ1) is 117. The van der Waals surface area contributed by atoms with Crippen LogP contribution in [0.15, 0.2) is 243 Å². The van der Waals surface area contributed by atoms with Gasteiger partial charge >= 0.3 is 166 Å². The zero-order valence-corrected chi connectivity index (χ0v) is 78.0. The van der Waals surface area contributed by atoms with Crippen LogP contribution < -0.4 is 42.4 Å². The van der Waals surface area contributed by atoms with E-state index in [1.807, 2.05) is 0 Å². The predicted octanol–water partition coefficient (Wildman–Crippen LogP) is 26.7. The van der Waals surface area contributed by atoms with Crippen LogP contribution in [0.5, 0.6) is 0 Å². The van der Waals surface area contributed by atoms with Gasteiger partial charge in [0.25, 0.3) is 0 Å². The quantitative estimate of drug-likeness (QED) is 0.0167. The molecule has 0 unspecified atom stereocenters. The molecule has 0 spiro atoms. The number of ether oxygens (including phenoxy) is 2. The number of hydrogen-bond donors (Lipinski definition) is 0. The van der Waals surface area contributed by atoms with Crippen molar-refractivity contribution in [3.05, 3.63) is 298 Å². The van der Waals surface area contributed by atoms with Crippen molar-refractivity contribution >= 4 is 148 Å². The standard InChI is InChI=1S/2C26H24P2.2C10H15.2C4H10OS2.3F6P.2Fe.2Ni/c2*1-5-13-23(14-6-1)27(24-15-7-2-8-16-24)21-22-28(25-17-9-3-10-18-25)26-19-11-4-12-20-26;2*1-6-7(2)9(4)10(5)8(6)3;2*6-3-1-5-2-4-7;3*1-7(2,3,4,5)6;;;;/h2*1-20H,21-22H2;2*1-5H3;2*6-7H,1-4H2;;;;;;;/q;;2*-1;;;3*-1;+2;+3;2*+2/p-4. The van der Waals surface area contributed by atoms with Gasteiger partial charge in [0, 0.05) is 26.4 Å². The number of benzene rings is 8. The molecule has 35 heteroatoms. The maximum Gasteiger partial charge on any atom is 3.00 e. The fraction of sp³-hybridized carbons (Fsp3) is 0.275. The Morgan fingerprint density at radius 1 is 0.252 bits per heavy atom. The van der Waals surface area contributed by atoms with Gasteiger partial charge in [0.1, 0.15) is 0 Å². The number of rotatable bonds is 22. The van der Waals surface area contributed by atoms with Crippen molar-refractivity contribution in [2.75, 3.05) is 74.1 Å². The summed E-state index contributed by atoms with van der Waals surface area (Å²) in [6.45, 7) is 24.7. The second-order valence-corrected chi connectivity index (χ2v) is 41.2. The van der Waals surface area contributed by atoms with Crippen LogP contribution in [0.2, 0.25) is 0 Å². The molecular formula is C80H94F18Fe2Ni2O2P7S4. The summed E-state index contributed by atoms with van der Waals surface area (Å²) >= 11 is 18.4. The molecule has 10 aromatic carbocycles. The monoisotopic (exact) mass is 2000 g/mol. The Balaban J connectivity index is -0.00000132. The van der Waals surface area contributed by atoms with Crippen LogP contribution in [-0.2, 0) is 127 Å². The third-order valence-corrected chi connectivity index (χ3v) is 27.6. The Morgan fingerprint density at radius 3 is 0.435 bits per heavy atom. The van der Waals surface area contributed by atoms with E-state index in [2.05, 4.69) is 362 Å². The molecule has 10 aromatic rings. The summed E-state index contributed by atoms with van der Waals surface area (Å²) in [6, 6.07) is 88.4. The van der Waals surface area contributed by atoms with Gasteiger partial charge in [-0.3, -0.25) is 0 Å². The normalized spacial score (nSPS) is 12.6. The van der Waals surface area contributed by atoms with Crippen molar-refractivity contribution in [2.45, 2.75) is 69.2 Å². The second kappa shape index (κ2) is 51.6. The Kier molecular flexibility index (Phi) is 52.4. The maximum atomic E-state index is 9.87. The summed E-state index contributed by atoms with van der Waals surface area (Å²) in [5.41, 5.74) is 14.7. The molecular weight excluding hydrogens is 1910 g/mol. The molecule has 647 valence electrons. The van der Waals surface area contributed by atoms with E-state index in [4.69, 9.17) is 9.47 Å². The van der Waals surface area contributed by atoms with Crippen LogP contribution in [0.4, 0.5) is 75.5 Å². The minimum absolute atomic E-state index is 0. The van der Waals surface area contributed by atoms with Crippen LogP contribution in [0.1, 0.15) is 55.6 Å². The molecule has 0 amide bonds. The molecule has 0 saturated heterocycles. The molecule has 0 fully saturated rings. The first-order valence-corrected chi connectivity index (χ1v) is 48.7. The van der Waals surface area contributed by atoms with Gasteiger partial charge in [-0.05, 0) is 98.8 Å². The Bertz CT molecular complexity index is 3430. The summed E-state index contributed by atoms with van der Waals surface area (Å²) in [6.07, 6.45) is 4.83. The van der Waals surface area contributed by atoms with Crippen LogP contribution in [0.25, 0.3) is 0 Å². The van der Waals surface area contributed by atoms with Crippen LogP contribution in [0.3, 0.4) is 0 Å². The molecule has 115 heavy (non-hydrogen) atoms. The molecule has 0 aliphatic heterocycles. The van der Waals surface area contributed by atoms with Crippen LogP contribution >= 0.6 is 55.1 Å². The molecule has 0 atom stereocenters. The van der Waals surface area contributed by atoms with Crippen molar-refractivity contribution in [1.82, 2.24) is 0 Å². The summed E-state index contributed by atoms with van der Waals surface area (Å²) in [7, 11) is -33.4. The van der Waals surface area contributed by atoms with Crippen molar-refractivity contribution < 1.29 is 152 Å². The van der Waals surface area contributed by atoms with Gasteiger partial charge in [-0.15, -0.1) is 0 Å². The molecule has 0 aromatic heterocycles. The Labute approximate surface area is 735 Å². The van der Waals surface area contributed by atoms with Gasteiger partial charge in [-0.25, -0.2) is 0 Å². The third kappa shape index (κ3) is 58.3. The minimum atomic E-state index is -10.7. The number of hydrogen-bond acceptors (Lipinski definition) is 6. The zero-order valence-electron chi connectivity index (χ0n) is 64.3. The van der Waals surface area contributed by atoms with Crippen molar-refractivity contribution in [1.29, 1.82) is 0 Å². The van der Waals surface area contributed by atoms with Gasteiger partial charge in [0.05, 0.1) is 0 Å². The van der Waals surface area contributed by atoms with E-state index in [0.29, 0.717) is 49.4 Å². The first-order valence-electron chi connectivity index (χ1n) is 34.2. The molecule has 0 aliphatic rings. The second-order valence-electron chi connectivity index (χ2n) is 24.5. The van der Waals surface area contributed by atoms with E-state index in [1.54, 1.807) is 0 Å². The Morgan fingerprint density at radius 2 is 0.357 bits per heavy atom.